The van der Waals surface area contributed by atoms with Gasteiger partial charge in [-0.05, 0) is 45.6 Å². The second-order valence-corrected chi connectivity index (χ2v) is 8.97. The first kappa shape index (κ1) is 31.8. The zero-order chi connectivity index (χ0) is 28.2. The summed E-state index contributed by atoms with van der Waals surface area (Å²) in [6, 6.07) is 3.03. The Morgan fingerprint density at radius 1 is 1.22 bits per heavy atom. The Morgan fingerprint density at radius 2 is 1.89 bits per heavy atom. The number of amides is 2. The summed E-state index contributed by atoms with van der Waals surface area (Å²) in [6.07, 6.45) is 2.13. The van der Waals surface area contributed by atoms with Crippen molar-refractivity contribution in [2.24, 2.45) is 0 Å². The van der Waals surface area contributed by atoms with Crippen molar-refractivity contribution in [2.45, 2.75) is 38.8 Å². The predicted octanol–water partition coefficient (Wildman–Crippen LogP) is 2.35. The minimum atomic E-state index is -3.66. The number of nitrogens with zero attached hydrogens (tertiary/aromatic N) is 4. The molecule has 1 aromatic heterocycles. The minimum absolute atomic E-state index is 0.0294. The summed E-state index contributed by atoms with van der Waals surface area (Å²) >= 11 is 0. The highest BCUT2D eigenvalue weighted by Gasteiger charge is 2.41. The van der Waals surface area contributed by atoms with E-state index in [1.54, 1.807) is 11.0 Å². The van der Waals surface area contributed by atoms with Gasteiger partial charge in [0.05, 0.1) is 17.8 Å². The van der Waals surface area contributed by atoms with Crippen LogP contribution in [0.1, 0.15) is 36.3 Å². The zero-order valence-electron chi connectivity index (χ0n) is 22.4. The standard InChI is InChI=1S/C26H39F2N5O4/c1-8-22(11-13-32(7)25(36)26(27,28)19(3)4)37-24(35)20-10-12-30-21(16-20)17-29-18-23(34)33(9-2)15-14-31(5)6/h8,10,12,16,22,29H,1,3,9,11,13-15,17-18H2,2,4-7H3. The first-order valence-electron chi connectivity index (χ1n) is 12.0. The third-order valence-corrected chi connectivity index (χ3v) is 5.61. The van der Waals surface area contributed by atoms with Gasteiger partial charge < -0.3 is 24.8 Å². The molecule has 206 valence electrons. The Balaban J connectivity index is 2.64. The van der Waals surface area contributed by atoms with Gasteiger partial charge >= 0.3 is 11.9 Å². The van der Waals surface area contributed by atoms with E-state index in [1.165, 1.54) is 25.4 Å². The lowest BCUT2D eigenvalue weighted by molar-refractivity contribution is -0.151. The number of halogens is 2. The van der Waals surface area contributed by atoms with Crippen molar-refractivity contribution >= 4 is 17.8 Å². The van der Waals surface area contributed by atoms with Crippen LogP contribution in [0.5, 0.6) is 0 Å². The topological polar surface area (TPSA) is 95.1 Å². The van der Waals surface area contributed by atoms with Crippen molar-refractivity contribution in [2.75, 3.05) is 53.9 Å². The Hall–Kier alpha value is -3.18. The molecule has 2 amide bonds. The van der Waals surface area contributed by atoms with Crippen LogP contribution in [-0.4, -0.2) is 103 Å². The molecule has 1 rings (SSSR count). The van der Waals surface area contributed by atoms with Crippen LogP contribution in [0.25, 0.3) is 0 Å². The maximum absolute atomic E-state index is 13.9. The largest absolute Gasteiger partial charge is 0.454 e. The smallest absolute Gasteiger partial charge is 0.345 e. The quantitative estimate of drug-likeness (QED) is 0.263. The van der Waals surface area contributed by atoms with Gasteiger partial charge in [-0.3, -0.25) is 14.6 Å². The van der Waals surface area contributed by atoms with E-state index in [2.05, 4.69) is 23.5 Å². The Bertz CT molecular complexity index is 955. The summed E-state index contributed by atoms with van der Waals surface area (Å²) in [6.45, 7) is 12.1. The molecule has 0 saturated carbocycles. The van der Waals surface area contributed by atoms with Crippen molar-refractivity contribution in [1.82, 2.24) is 25.0 Å². The normalized spacial score (nSPS) is 12.1. The molecule has 11 heteroatoms. The molecule has 9 nitrogen and oxygen atoms in total. The number of likely N-dealkylation sites (N-methyl/N-ethyl adjacent to an activating group) is 2. The summed E-state index contributed by atoms with van der Waals surface area (Å²) in [5.41, 5.74) is 0.237. The monoisotopic (exact) mass is 523 g/mol. The number of pyridine rings is 1. The molecule has 0 aliphatic heterocycles. The summed E-state index contributed by atoms with van der Waals surface area (Å²) in [4.78, 5) is 45.9. The van der Waals surface area contributed by atoms with E-state index in [1.807, 2.05) is 25.9 Å². The molecular weight excluding hydrogens is 484 g/mol. The molecule has 0 radical (unpaired) electrons. The number of hydrogen-bond donors (Lipinski definition) is 1. The fourth-order valence-corrected chi connectivity index (χ4v) is 3.17. The molecule has 1 N–H and O–H groups in total. The summed E-state index contributed by atoms with van der Waals surface area (Å²) < 4.78 is 33.2. The van der Waals surface area contributed by atoms with Gasteiger partial charge in [-0.15, -0.1) is 0 Å². The van der Waals surface area contributed by atoms with Crippen LogP contribution >= 0.6 is 0 Å². The molecule has 1 atom stereocenters. The first-order valence-corrected chi connectivity index (χ1v) is 12.0. The molecule has 1 aromatic rings. The molecule has 1 unspecified atom stereocenters. The third-order valence-electron chi connectivity index (χ3n) is 5.61. The molecule has 0 spiro atoms. The third kappa shape index (κ3) is 10.4. The number of nitrogens with one attached hydrogen (secondary N) is 1. The van der Waals surface area contributed by atoms with Gasteiger partial charge in [0.25, 0.3) is 5.91 Å². The van der Waals surface area contributed by atoms with E-state index >= 15 is 0 Å². The molecular formula is C26H39F2N5O4. The number of hydrogen-bond acceptors (Lipinski definition) is 7. The van der Waals surface area contributed by atoms with Crippen molar-refractivity contribution in [1.29, 1.82) is 0 Å². The van der Waals surface area contributed by atoms with Crippen LogP contribution in [0.2, 0.25) is 0 Å². The highest BCUT2D eigenvalue weighted by atomic mass is 19.3. The van der Waals surface area contributed by atoms with Crippen LogP contribution in [0.4, 0.5) is 8.78 Å². The summed E-state index contributed by atoms with van der Waals surface area (Å²) in [7, 11) is 5.14. The van der Waals surface area contributed by atoms with E-state index in [0.29, 0.717) is 18.8 Å². The molecule has 37 heavy (non-hydrogen) atoms. The van der Waals surface area contributed by atoms with E-state index in [4.69, 9.17) is 4.74 Å². The first-order chi connectivity index (χ1) is 17.3. The number of alkyl halides is 2. The molecule has 0 aliphatic rings. The van der Waals surface area contributed by atoms with Gasteiger partial charge in [0.2, 0.25) is 5.91 Å². The Morgan fingerprint density at radius 3 is 2.46 bits per heavy atom. The van der Waals surface area contributed by atoms with Crippen LogP contribution in [-0.2, 0) is 20.9 Å². The number of carbonyl (C=O) groups excluding carboxylic acids is 3. The van der Waals surface area contributed by atoms with E-state index in [-0.39, 0.29) is 37.5 Å². The van der Waals surface area contributed by atoms with Gasteiger partial charge in [0.15, 0.2) is 0 Å². The van der Waals surface area contributed by atoms with E-state index in [0.717, 1.165) is 18.4 Å². The highest BCUT2D eigenvalue weighted by molar-refractivity contribution is 5.89. The lowest BCUT2D eigenvalue weighted by atomic mass is 10.1. The summed E-state index contributed by atoms with van der Waals surface area (Å²) in [5.74, 6) is -5.72. The van der Waals surface area contributed by atoms with Gasteiger partial charge in [-0.1, -0.05) is 19.2 Å². The molecule has 1 heterocycles. The maximum atomic E-state index is 13.9. The average molecular weight is 524 g/mol. The van der Waals surface area contributed by atoms with Crippen molar-refractivity contribution in [3.05, 3.63) is 54.4 Å². The molecule has 0 fully saturated rings. The minimum Gasteiger partial charge on any atom is -0.454 e. The Kier molecular flexibility index (Phi) is 13.0. The fraction of sp³-hybridized carbons (Fsp3) is 0.538. The number of aromatic nitrogens is 1. The van der Waals surface area contributed by atoms with Gasteiger partial charge in [-0.2, -0.15) is 8.78 Å². The van der Waals surface area contributed by atoms with Gasteiger partial charge in [-0.25, -0.2) is 4.79 Å². The lowest BCUT2D eigenvalue weighted by Gasteiger charge is -2.25. The zero-order valence-corrected chi connectivity index (χ0v) is 22.4. The predicted molar refractivity (Wildman–Crippen MR) is 138 cm³/mol. The number of carbonyl (C=O) groups is 3. The maximum Gasteiger partial charge on any atom is 0.345 e. The van der Waals surface area contributed by atoms with Crippen LogP contribution in [0.3, 0.4) is 0 Å². The van der Waals surface area contributed by atoms with Crippen LogP contribution in [0, 0.1) is 0 Å². The number of esters is 1. The van der Waals surface area contributed by atoms with Crippen molar-refractivity contribution in [3.63, 3.8) is 0 Å². The van der Waals surface area contributed by atoms with Crippen molar-refractivity contribution in [3.8, 4) is 0 Å². The second kappa shape index (κ2) is 15.2. The summed E-state index contributed by atoms with van der Waals surface area (Å²) in [5, 5.41) is 3.04. The van der Waals surface area contributed by atoms with E-state index in [9.17, 15) is 23.2 Å². The van der Waals surface area contributed by atoms with Crippen LogP contribution in [0.15, 0.2) is 43.1 Å². The van der Waals surface area contributed by atoms with Gasteiger partial charge in [0, 0.05) is 52.4 Å². The molecule has 0 aromatic carbocycles. The van der Waals surface area contributed by atoms with E-state index < -0.39 is 29.5 Å². The second-order valence-electron chi connectivity index (χ2n) is 8.97. The number of ether oxygens (including phenoxy) is 1. The lowest BCUT2D eigenvalue weighted by Crippen LogP contribution is -2.43. The molecule has 0 saturated heterocycles. The van der Waals surface area contributed by atoms with Crippen molar-refractivity contribution < 1.29 is 27.9 Å². The Labute approximate surface area is 218 Å². The molecule has 0 bridgehead atoms. The average Bonchev–Trinajstić information content (AvgIpc) is 2.85. The SMILES string of the molecule is C=CC(CCN(C)C(=O)C(F)(F)C(=C)C)OC(=O)c1ccnc(CNCC(=O)N(CC)CCN(C)C)c1. The molecule has 0 aliphatic carbocycles. The van der Waals surface area contributed by atoms with Gasteiger partial charge in [0.1, 0.15) is 6.10 Å². The highest BCUT2D eigenvalue weighted by Crippen LogP contribution is 2.24. The van der Waals surface area contributed by atoms with Crippen LogP contribution < -0.4 is 5.32 Å². The fourth-order valence-electron chi connectivity index (χ4n) is 3.17. The number of rotatable bonds is 16.